The van der Waals surface area contributed by atoms with Gasteiger partial charge in [0.25, 0.3) is 0 Å². The molecule has 5 nitrogen and oxygen atoms in total. The summed E-state index contributed by atoms with van der Waals surface area (Å²) in [7, 11) is 1.94. The van der Waals surface area contributed by atoms with Crippen LogP contribution < -0.4 is 5.32 Å². The average Bonchev–Trinajstić information content (AvgIpc) is 3.19. The van der Waals surface area contributed by atoms with E-state index in [0.717, 1.165) is 34.5 Å². The van der Waals surface area contributed by atoms with Gasteiger partial charge in [0.2, 0.25) is 0 Å². The van der Waals surface area contributed by atoms with Crippen LogP contribution in [-0.4, -0.2) is 19.7 Å². The van der Waals surface area contributed by atoms with Gasteiger partial charge in [-0.15, -0.1) is 0 Å². The highest BCUT2D eigenvalue weighted by Crippen LogP contribution is 2.20. The number of rotatable bonds is 5. The predicted octanol–water partition coefficient (Wildman–Crippen LogP) is 3.64. The van der Waals surface area contributed by atoms with Crippen molar-refractivity contribution in [3.8, 4) is 0 Å². The van der Waals surface area contributed by atoms with E-state index in [-0.39, 0.29) is 5.82 Å². The second-order valence-electron chi connectivity index (χ2n) is 6.01. The van der Waals surface area contributed by atoms with Crippen LogP contribution in [0.25, 0.3) is 11.0 Å². The van der Waals surface area contributed by atoms with E-state index in [2.05, 4.69) is 26.4 Å². The lowest BCUT2D eigenvalue weighted by Crippen LogP contribution is -2.01. The van der Waals surface area contributed by atoms with Gasteiger partial charge in [0.05, 0.1) is 0 Å². The molecule has 0 fully saturated rings. The Morgan fingerprint density at radius 2 is 2.04 bits per heavy atom. The second kappa shape index (κ2) is 6.39. The van der Waals surface area contributed by atoms with Gasteiger partial charge in [-0.1, -0.05) is 12.1 Å². The summed E-state index contributed by atoms with van der Waals surface area (Å²) >= 11 is 0. The maximum Gasteiger partial charge on any atom is 0.148 e. The molecule has 0 radical (unpaired) electrons. The van der Waals surface area contributed by atoms with Gasteiger partial charge in [0.15, 0.2) is 0 Å². The summed E-state index contributed by atoms with van der Waals surface area (Å²) in [6.07, 6.45) is 4.55. The fraction of sp³-hybridized carbons (Fsp3) is 0.158. The van der Waals surface area contributed by atoms with Gasteiger partial charge in [-0.2, -0.15) is 5.10 Å². The van der Waals surface area contributed by atoms with Gasteiger partial charge in [0, 0.05) is 49.6 Å². The van der Waals surface area contributed by atoms with Crippen molar-refractivity contribution >= 4 is 16.9 Å². The molecule has 3 aromatic heterocycles. The number of aromatic nitrogens is 4. The number of H-pyrrole nitrogens is 1. The Hall–Kier alpha value is -3.15. The van der Waals surface area contributed by atoms with Gasteiger partial charge < -0.3 is 10.3 Å². The Kier molecular flexibility index (Phi) is 3.93. The lowest BCUT2D eigenvalue weighted by molar-refractivity contribution is 0.627. The highest BCUT2D eigenvalue weighted by molar-refractivity contribution is 5.79. The fourth-order valence-electron chi connectivity index (χ4n) is 2.91. The van der Waals surface area contributed by atoms with E-state index < -0.39 is 0 Å². The molecule has 25 heavy (non-hydrogen) atoms. The number of fused-ring (bicyclic) bond motifs is 1. The van der Waals surface area contributed by atoms with Crippen molar-refractivity contribution in [3.05, 3.63) is 77.5 Å². The lowest BCUT2D eigenvalue weighted by atomic mass is 10.1. The molecule has 6 heteroatoms. The molecule has 126 valence electrons. The van der Waals surface area contributed by atoms with Gasteiger partial charge in [0.1, 0.15) is 17.3 Å². The number of aryl methyl sites for hydroxylation is 1. The summed E-state index contributed by atoms with van der Waals surface area (Å²) in [5, 5.41) is 8.92. The third kappa shape index (κ3) is 3.24. The number of halogens is 1. The second-order valence-corrected chi connectivity index (χ2v) is 6.01. The largest absolute Gasteiger partial charge is 0.365 e. The zero-order chi connectivity index (χ0) is 17.2. The molecule has 4 rings (SSSR count). The third-order valence-electron chi connectivity index (χ3n) is 4.27. The fourth-order valence-corrected chi connectivity index (χ4v) is 2.91. The minimum Gasteiger partial charge on any atom is -0.365 e. The summed E-state index contributed by atoms with van der Waals surface area (Å²) in [5.41, 5.74) is 4.20. The Morgan fingerprint density at radius 1 is 1.20 bits per heavy atom. The Balaban J connectivity index is 1.49. The molecule has 0 aliphatic heterocycles. The predicted molar refractivity (Wildman–Crippen MR) is 95.8 cm³/mol. The van der Waals surface area contributed by atoms with Crippen LogP contribution in [0.2, 0.25) is 0 Å². The Labute approximate surface area is 144 Å². The summed E-state index contributed by atoms with van der Waals surface area (Å²) in [6, 6.07) is 12.5. The molecule has 0 aliphatic carbocycles. The van der Waals surface area contributed by atoms with Crippen molar-refractivity contribution in [1.29, 1.82) is 0 Å². The van der Waals surface area contributed by atoms with E-state index in [1.165, 1.54) is 17.7 Å². The molecule has 0 saturated heterocycles. The minimum absolute atomic E-state index is 0.225. The number of aromatic amines is 1. The van der Waals surface area contributed by atoms with E-state index in [4.69, 9.17) is 0 Å². The highest BCUT2D eigenvalue weighted by Gasteiger charge is 2.10. The monoisotopic (exact) mass is 335 g/mol. The van der Waals surface area contributed by atoms with Gasteiger partial charge >= 0.3 is 0 Å². The number of hydrogen-bond donors (Lipinski definition) is 2. The van der Waals surface area contributed by atoms with E-state index in [1.54, 1.807) is 18.3 Å². The molecule has 0 amide bonds. The first-order chi connectivity index (χ1) is 12.2. The first-order valence-electron chi connectivity index (χ1n) is 8.11. The molecular formula is C19H18FN5. The molecule has 0 atom stereocenters. The average molecular weight is 335 g/mol. The molecule has 3 heterocycles. The molecule has 0 spiro atoms. The third-order valence-corrected chi connectivity index (χ3v) is 4.27. The quantitative estimate of drug-likeness (QED) is 0.585. The van der Waals surface area contributed by atoms with E-state index in [9.17, 15) is 4.39 Å². The smallest absolute Gasteiger partial charge is 0.148 e. The summed E-state index contributed by atoms with van der Waals surface area (Å²) in [4.78, 5) is 7.52. The topological polar surface area (TPSA) is 58.5 Å². The van der Waals surface area contributed by atoms with Crippen LogP contribution in [0.4, 0.5) is 10.2 Å². The van der Waals surface area contributed by atoms with Crippen molar-refractivity contribution in [3.63, 3.8) is 0 Å². The number of nitrogens with one attached hydrogen (secondary N) is 2. The zero-order valence-electron chi connectivity index (χ0n) is 13.8. The van der Waals surface area contributed by atoms with Crippen LogP contribution in [0, 0.1) is 5.82 Å². The SMILES string of the molecule is Cn1nc(NCc2ccc(F)cc2)cc1Cc1c[nH]c2ncccc12. The molecule has 1 aromatic carbocycles. The van der Waals surface area contributed by atoms with Crippen molar-refractivity contribution < 1.29 is 4.39 Å². The lowest BCUT2D eigenvalue weighted by Gasteiger charge is -2.02. The normalized spacial score (nSPS) is 11.1. The summed E-state index contributed by atoms with van der Waals surface area (Å²) in [6.45, 7) is 0.605. The number of benzene rings is 1. The standard InChI is InChI=1S/C19H18FN5/c1-25-16(9-14-12-23-19-17(14)3-2-8-21-19)10-18(24-25)22-11-13-4-6-15(20)7-5-13/h2-8,10,12H,9,11H2,1H3,(H,21,23)(H,22,24). The van der Waals surface area contributed by atoms with Gasteiger partial charge in [-0.25, -0.2) is 9.37 Å². The van der Waals surface area contributed by atoms with Crippen LogP contribution >= 0.6 is 0 Å². The van der Waals surface area contributed by atoms with Crippen LogP contribution in [0.15, 0.2) is 54.9 Å². The number of pyridine rings is 1. The number of nitrogens with zero attached hydrogens (tertiary/aromatic N) is 3. The first kappa shape index (κ1) is 15.4. The van der Waals surface area contributed by atoms with E-state index in [0.29, 0.717) is 6.54 Å². The minimum atomic E-state index is -0.225. The van der Waals surface area contributed by atoms with E-state index >= 15 is 0 Å². The Bertz CT molecular complexity index is 1000. The summed E-state index contributed by atoms with van der Waals surface area (Å²) < 4.78 is 14.8. The maximum atomic E-state index is 13.0. The van der Waals surface area contributed by atoms with Gasteiger partial charge in [-0.3, -0.25) is 4.68 Å². The molecule has 0 bridgehead atoms. The molecule has 0 aliphatic rings. The van der Waals surface area contributed by atoms with Crippen molar-refractivity contribution in [2.75, 3.05) is 5.32 Å². The van der Waals surface area contributed by atoms with Crippen molar-refractivity contribution in [1.82, 2.24) is 19.7 Å². The molecule has 0 unspecified atom stereocenters. The molecule has 2 N–H and O–H groups in total. The van der Waals surface area contributed by atoms with Crippen LogP contribution in [0.5, 0.6) is 0 Å². The van der Waals surface area contributed by atoms with Crippen molar-refractivity contribution in [2.45, 2.75) is 13.0 Å². The van der Waals surface area contributed by atoms with E-state index in [1.807, 2.05) is 30.1 Å². The zero-order valence-corrected chi connectivity index (χ0v) is 13.8. The number of anilines is 1. The summed E-state index contributed by atoms with van der Waals surface area (Å²) in [5.74, 6) is 0.580. The molecule has 0 saturated carbocycles. The maximum absolute atomic E-state index is 13.0. The first-order valence-corrected chi connectivity index (χ1v) is 8.11. The van der Waals surface area contributed by atoms with Crippen LogP contribution in [0.1, 0.15) is 16.8 Å². The highest BCUT2D eigenvalue weighted by atomic mass is 19.1. The number of hydrogen-bond acceptors (Lipinski definition) is 3. The molecule has 4 aromatic rings. The molecular weight excluding hydrogens is 317 g/mol. The van der Waals surface area contributed by atoms with Gasteiger partial charge in [-0.05, 0) is 35.4 Å². The Morgan fingerprint density at radius 3 is 2.88 bits per heavy atom. The van der Waals surface area contributed by atoms with Crippen LogP contribution in [0.3, 0.4) is 0 Å². The van der Waals surface area contributed by atoms with Crippen LogP contribution in [-0.2, 0) is 20.0 Å². The van der Waals surface area contributed by atoms with Crippen molar-refractivity contribution in [2.24, 2.45) is 7.05 Å².